The van der Waals surface area contributed by atoms with E-state index in [1.54, 1.807) is 4.90 Å². The number of nitrogens with zero attached hydrogens (tertiary/aromatic N) is 1. The minimum Gasteiger partial charge on any atom is -0.330 e. The third kappa shape index (κ3) is 3.87. The molecule has 1 fully saturated rings. The van der Waals surface area contributed by atoms with Crippen LogP contribution in [-0.4, -0.2) is 30.7 Å². The van der Waals surface area contributed by atoms with Crippen molar-refractivity contribution in [3.05, 3.63) is 29.3 Å². The summed E-state index contributed by atoms with van der Waals surface area (Å²) in [6.45, 7) is 7.21. The minimum atomic E-state index is 0.145. The van der Waals surface area contributed by atoms with E-state index in [4.69, 9.17) is 5.73 Å². The zero-order valence-electron chi connectivity index (χ0n) is 12.3. The summed E-state index contributed by atoms with van der Waals surface area (Å²) in [6, 6.07) is 5.83. The summed E-state index contributed by atoms with van der Waals surface area (Å²) in [5.41, 5.74) is 8.98. The van der Waals surface area contributed by atoms with Crippen LogP contribution in [-0.2, 0) is 11.2 Å². The Hall–Kier alpha value is -1.25. The number of carbonyl (C=O) groups is 2. The SMILES string of the molecule is CC.Cc1ccc(N2CC(CN)PC2=O)cc1CC=O. The summed E-state index contributed by atoms with van der Waals surface area (Å²) in [7, 11) is 0.267. The molecule has 0 bridgehead atoms. The number of rotatable bonds is 4. The van der Waals surface area contributed by atoms with Crippen molar-refractivity contribution in [2.24, 2.45) is 5.73 Å². The molecule has 1 aliphatic heterocycles. The molecule has 1 aromatic rings. The molecule has 2 atom stereocenters. The van der Waals surface area contributed by atoms with Crippen molar-refractivity contribution in [2.75, 3.05) is 18.0 Å². The number of aryl methyl sites for hydroxylation is 1. The van der Waals surface area contributed by atoms with E-state index in [0.29, 0.717) is 19.5 Å². The number of carbonyl (C=O) groups excluding carboxylic acids is 2. The van der Waals surface area contributed by atoms with Crippen molar-refractivity contribution in [3.8, 4) is 0 Å². The highest BCUT2D eigenvalue weighted by Gasteiger charge is 2.29. The molecule has 0 radical (unpaired) electrons. The summed E-state index contributed by atoms with van der Waals surface area (Å²) < 4.78 is 0. The molecule has 0 aromatic heterocycles. The van der Waals surface area contributed by atoms with Crippen molar-refractivity contribution < 1.29 is 9.59 Å². The second-order valence-electron chi connectivity index (χ2n) is 4.47. The summed E-state index contributed by atoms with van der Waals surface area (Å²) in [6.07, 6.45) is 1.28. The molecule has 1 aliphatic rings. The van der Waals surface area contributed by atoms with Crippen LogP contribution in [0.25, 0.3) is 0 Å². The van der Waals surface area contributed by atoms with E-state index in [9.17, 15) is 9.59 Å². The lowest BCUT2D eigenvalue weighted by molar-refractivity contribution is -0.107. The third-order valence-electron chi connectivity index (χ3n) is 3.21. The van der Waals surface area contributed by atoms with Gasteiger partial charge in [-0.25, -0.2) is 0 Å². The summed E-state index contributed by atoms with van der Waals surface area (Å²) in [5, 5.41) is 0. The molecule has 4 nitrogen and oxygen atoms in total. The highest BCUT2D eigenvalue weighted by atomic mass is 31.1. The molecule has 0 spiro atoms. The lowest BCUT2D eigenvalue weighted by Crippen LogP contribution is -2.27. The molecule has 1 aromatic carbocycles. The average Bonchev–Trinajstić information content (AvgIpc) is 2.85. The van der Waals surface area contributed by atoms with E-state index < -0.39 is 0 Å². The maximum absolute atomic E-state index is 11.9. The van der Waals surface area contributed by atoms with Gasteiger partial charge in [-0.2, -0.15) is 0 Å². The Morgan fingerprint density at radius 3 is 2.70 bits per heavy atom. The van der Waals surface area contributed by atoms with Crippen LogP contribution in [0.5, 0.6) is 0 Å². The van der Waals surface area contributed by atoms with Crippen LogP contribution >= 0.6 is 8.58 Å². The van der Waals surface area contributed by atoms with Crippen LogP contribution in [0.15, 0.2) is 18.2 Å². The van der Waals surface area contributed by atoms with Gasteiger partial charge in [-0.15, -0.1) is 0 Å². The Morgan fingerprint density at radius 1 is 1.45 bits per heavy atom. The zero-order valence-corrected chi connectivity index (χ0v) is 13.3. The molecular weight excluding hydrogens is 271 g/mol. The monoisotopic (exact) mass is 294 g/mol. The van der Waals surface area contributed by atoms with Crippen molar-refractivity contribution in [3.63, 3.8) is 0 Å². The van der Waals surface area contributed by atoms with Crippen LogP contribution in [0.1, 0.15) is 25.0 Å². The average molecular weight is 294 g/mol. The molecule has 2 N–H and O–H groups in total. The molecule has 2 unspecified atom stereocenters. The lowest BCUT2D eigenvalue weighted by Gasteiger charge is -2.17. The predicted molar refractivity (Wildman–Crippen MR) is 86.2 cm³/mol. The van der Waals surface area contributed by atoms with Gasteiger partial charge < -0.3 is 15.4 Å². The van der Waals surface area contributed by atoms with Gasteiger partial charge >= 0.3 is 0 Å². The Labute approximate surface area is 122 Å². The number of hydrogen-bond donors (Lipinski definition) is 1. The molecule has 0 saturated carbocycles. The maximum Gasteiger partial charge on any atom is 0.245 e. The number of benzene rings is 1. The Morgan fingerprint density at radius 2 is 2.15 bits per heavy atom. The third-order valence-corrected chi connectivity index (χ3v) is 4.55. The van der Waals surface area contributed by atoms with Gasteiger partial charge in [0.2, 0.25) is 5.65 Å². The molecule has 1 saturated heterocycles. The first-order chi connectivity index (χ1) is 9.65. The van der Waals surface area contributed by atoms with E-state index in [2.05, 4.69) is 0 Å². The first kappa shape index (κ1) is 16.8. The molecule has 20 heavy (non-hydrogen) atoms. The second kappa shape index (κ2) is 8.13. The van der Waals surface area contributed by atoms with Gasteiger partial charge in [0.25, 0.3) is 0 Å². The Kier molecular flexibility index (Phi) is 6.83. The first-order valence-electron chi connectivity index (χ1n) is 6.97. The lowest BCUT2D eigenvalue weighted by atomic mass is 10.1. The van der Waals surface area contributed by atoms with Crippen LogP contribution in [0.3, 0.4) is 0 Å². The fourth-order valence-electron chi connectivity index (χ4n) is 2.09. The van der Waals surface area contributed by atoms with Crippen LogP contribution in [0.2, 0.25) is 0 Å². The second-order valence-corrected chi connectivity index (χ2v) is 6.01. The number of amides is 1. The molecule has 110 valence electrons. The topological polar surface area (TPSA) is 63.4 Å². The van der Waals surface area contributed by atoms with Gasteiger partial charge in [0.05, 0.1) is 0 Å². The number of aldehydes is 1. The van der Waals surface area contributed by atoms with E-state index in [-0.39, 0.29) is 19.9 Å². The first-order valence-corrected chi connectivity index (χ1v) is 8.04. The van der Waals surface area contributed by atoms with Crippen LogP contribution in [0.4, 0.5) is 10.5 Å². The highest BCUT2D eigenvalue weighted by molar-refractivity contribution is 7.59. The quantitative estimate of drug-likeness (QED) is 0.686. The molecule has 1 heterocycles. The van der Waals surface area contributed by atoms with Gasteiger partial charge in [0.15, 0.2) is 0 Å². The van der Waals surface area contributed by atoms with E-state index in [0.717, 1.165) is 23.1 Å². The Bertz CT molecular complexity index is 477. The van der Waals surface area contributed by atoms with Crippen molar-refractivity contribution >= 4 is 26.2 Å². The standard InChI is InChI=1S/C13H17N2O2P.C2H6/c1-9-2-3-11(6-10(9)4-5-16)15-8-12(7-14)18-13(15)17;1-2/h2-3,5-6,12,18H,4,7-8,14H2,1H3;1-2H3. The van der Waals surface area contributed by atoms with Gasteiger partial charge in [-0.1, -0.05) is 19.9 Å². The molecule has 5 heteroatoms. The maximum atomic E-state index is 11.9. The zero-order chi connectivity index (χ0) is 15.1. The summed E-state index contributed by atoms with van der Waals surface area (Å²) >= 11 is 0. The molecule has 0 aliphatic carbocycles. The smallest absolute Gasteiger partial charge is 0.245 e. The van der Waals surface area contributed by atoms with Crippen LogP contribution < -0.4 is 10.6 Å². The number of anilines is 1. The number of nitrogens with two attached hydrogens (primary N) is 1. The molecule has 2 rings (SSSR count). The molecular formula is C15H23N2O2P. The van der Waals surface area contributed by atoms with Gasteiger partial charge in [0.1, 0.15) is 6.29 Å². The fourth-order valence-corrected chi connectivity index (χ4v) is 3.21. The Balaban J connectivity index is 0.000000956. The summed E-state index contributed by atoms with van der Waals surface area (Å²) in [5.74, 6) is 0. The highest BCUT2D eigenvalue weighted by Crippen LogP contribution is 2.35. The van der Waals surface area contributed by atoms with E-state index in [1.165, 1.54) is 0 Å². The predicted octanol–water partition coefficient (Wildman–Crippen LogP) is 2.71. The minimum absolute atomic E-state index is 0.145. The van der Waals surface area contributed by atoms with Gasteiger partial charge in [-0.05, 0) is 38.8 Å². The largest absolute Gasteiger partial charge is 0.330 e. The molecule has 1 amide bonds. The number of hydrogen-bond acceptors (Lipinski definition) is 3. The fraction of sp³-hybridized carbons (Fsp3) is 0.467. The van der Waals surface area contributed by atoms with Crippen molar-refractivity contribution in [2.45, 2.75) is 32.9 Å². The normalized spacial score (nSPS) is 18.9. The van der Waals surface area contributed by atoms with Crippen molar-refractivity contribution in [1.29, 1.82) is 0 Å². The van der Waals surface area contributed by atoms with Crippen LogP contribution in [0, 0.1) is 6.92 Å². The van der Waals surface area contributed by atoms with Gasteiger partial charge in [0, 0.05) is 30.9 Å². The van der Waals surface area contributed by atoms with E-state index in [1.807, 2.05) is 39.0 Å². The van der Waals surface area contributed by atoms with Gasteiger partial charge in [-0.3, -0.25) is 4.79 Å². The van der Waals surface area contributed by atoms with E-state index >= 15 is 0 Å². The summed E-state index contributed by atoms with van der Waals surface area (Å²) in [4.78, 5) is 24.3. The van der Waals surface area contributed by atoms with Crippen molar-refractivity contribution in [1.82, 2.24) is 0 Å².